The highest BCUT2D eigenvalue weighted by Crippen LogP contribution is 2.22. The van der Waals surface area contributed by atoms with Crippen LogP contribution in [0.2, 0.25) is 0 Å². The summed E-state index contributed by atoms with van der Waals surface area (Å²) in [6.07, 6.45) is 4.42. The van der Waals surface area contributed by atoms with Crippen LogP contribution in [0.25, 0.3) is 0 Å². The lowest BCUT2D eigenvalue weighted by atomic mass is 10.0. The fourth-order valence-corrected chi connectivity index (χ4v) is 4.81. The predicted molar refractivity (Wildman–Crippen MR) is 89.4 cm³/mol. The van der Waals surface area contributed by atoms with Crippen molar-refractivity contribution in [1.29, 1.82) is 0 Å². The zero-order chi connectivity index (χ0) is 16.2. The Hall–Kier alpha value is -0.950. The third-order valence-electron chi connectivity index (χ3n) is 3.42. The number of ether oxygens (including phenoxy) is 1. The topological polar surface area (TPSA) is 59.5 Å². The molecule has 2 rings (SSSR count). The normalized spacial score (nSPS) is 20.7. The van der Waals surface area contributed by atoms with E-state index < -0.39 is 16.4 Å². The van der Waals surface area contributed by atoms with E-state index in [1.54, 1.807) is 16.6 Å². The van der Waals surface area contributed by atoms with Crippen molar-refractivity contribution in [2.45, 2.75) is 57.4 Å². The van der Waals surface area contributed by atoms with E-state index in [2.05, 4.69) is 4.98 Å². The number of carbonyl (C=O) groups is 1. The van der Waals surface area contributed by atoms with Gasteiger partial charge in [-0.3, -0.25) is 9.19 Å². The molecule has 0 saturated carbocycles. The molecule has 1 aliphatic rings. The number of likely N-dealkylation sites (tertiary alicyclic amines) is 1. The smallest absolute Gasteiger partial charge is 0.410 e. The van der Waals surface area contributed by atoms with Gasteiger partial charge in [0.15, 0.2) is 0 Å². The average molecular weight is 345 g/mol. The van der Waals surface area contributed by atoms with Gasteiger partial charge in [-0.15, -0.1) is 11.3 Å². The molecule has 7 heteroatoms. The van der Waals surface area contributed by atoms with Crippen LogP contribution in [0.4, 0.5) is 4.79 Å². The molecule has 124 valence electrons. The van der Waals surface area contributed by atoms with Crippen molar-refractivity contribution in [2.75, 3.05) is 12.3 Å². The standard InChI is InChI=1S/C15H24N2O3S2/c1-15(2,3)20-14(18)17-7-5-4-6-12(17)9-22(19)10-13-8-16-11-21-13/h8,11-12H,4-7,9-10H2,1-3H3. The molecular weight excluding hydrogens is 320 g/mol. The second kappa shape index (κ2) is 7.55. The number of nitrogens with zero attached hydrogens (tertiary/aromatic N) is 2. The number of thiazole rings is 1. The Morgan fingerprint density at radius 3 is 2.91 bits per heavy atom. The summed E-state index contributed by atoms with van der Waals surface area (Å²) in [7, 11) is -0.986. The van der Waals surface area contributed by atoms with Gasteiger partial charge in [0.25, 0.3) is 0 Å². The molecular formula is C15H24N2O3S2. The van der Waals surface area contributed by atoms with E-state index in [1.807, 2.05) is 20.8 Å². The number of aromatic nitrogens is 1. The molecule has 0 N–H and O–H groups in total. The van der Waals surface area contributed by atoms with Gasteiger partial charge in [-0.25, -0.2) is 4.79 Å². The number of hydrogen-bond acceptors (Lipinski definition) is 5. The Balaban J connectivity index is 1.94. The van der Waals surface area contributed by atoms with Gasteiger partial charge in [0.1, 0.15) is 5.60 Å². The fraction of sp³-hybridized carbons (Fsp3) is 0.733. The number of amides is 1. The van der Waals surface area contributed by atoms with Crippen LogP contribution in [0.15, 0.2) is 11.7 Å². The van der Waals surface area contributed by atoms with Gasteiger partial charge in [0.05, 0.1) is 11.3 Å². The minimum absolute atomic E-state index is 0.0114. The summed E-state index contributed by atoms with van der Waals surface area (Å²) < 4.78 is 17.8. The summed E-state index contributed by atoms with van der Waals surface area (Å²) in [5.41, 5.74) is 1.25. The van der Waals surface area contributed by atoms with E-state index in [0.717, 1.165) is 24.1 Å². The molecule has 22 heavy (non-hydrogen) atoms. The number of carbonyl (C=O) groups excluding carboxylic acids is 1. The van der Waals surface area contributed by atoms with Crippen molar-refractivity contribution in [2.24, 2.45) is 0 Å². The third kappa shape index (κ3) is 5.35. The molecule has 1 aliphatic heterocycles. The van der Waals surface area contributed by atoms with Gasteiger partial charge >= 0.3 is 6.09 Å². The predicted octanol–water partition coefficient (Wildman–Crippen LogP) is 3.18. The average Bonchev–Trinajstić information content (AvgIpc) is 2.90. The van der Waals surface area contributed by atoms with E-state index in [0.29, 0.717) is 18.1 Å². The van der Waals surface area contributed by atoms with Gasteiger partial charge < -0.3 is 9.64 Å². The van der Waals surface area contributed by atoms with E-state index >= 15 is 0 Å². The molecule has 0 bridgehead atoms. The summed E-state index contributed by atoms with van der Waals surface area (Å²) in [4.78, 5) is 19.1. The zero-order valence-electron chi connectivity index (χ0n) is 13.4. The zero-order valence-corrected chi connectivity index (χ0v) is 15.0. The first-order chi connectivity index (χ1) is 10.3. The van der Waals surface area contributed by atoms with Gasteiger partial charge in [0, 0.05) is 40.2 Å². The van der Waals surface area contributed by atoms with Crippen molar-refractivity contribution >= 4 is 28.2 Å². The molecule has 1 saturated heterocycles. The Bertz CT molecular complexity index is 511. The Kier molecular flexibility index (Phi) is 5.97. The van der Waals surface area contributed by atoms with Crippen molar-refractivity contribution in [3.63, 3.8) is 0 Å². The summed E-state index contributed by atoms with van der Waals surface area (Å²) in [5, 5.41) is 0. The minimum Gasteiger partial charge on any atom is -0.444 e. The number of piperidine rings is 1. The van der Waals surface area contributed by atoms with Gasteiger partial charge in [0.2, 0.25) is 0 Å². The van der Waals surface area contributed by atoms with Crippen molar-refractivity contribution in [3.8, 4) is 0 Å². The van der Waals surface area contributed by atoms with Crippen LogP contribution in [0.3, 0.4) is 0 Å². The van der Waals surface area contributed by atoms with Crippen molar-refractivity contribution < 1.29 is 13.7 Å². The maximum atomic E-state index is 12.3. The summed E-state index contributed by atoms with van der Waals surface area (Å²) in [5.74, 6) is 1.03. The Morgan fingerprint density at radius 2 is 2.27 bits per heavy atom. The molecule has 2 heterocycles. The lowest BCUT2D eigenvalue weighted by molar-refractivity contribution is 0.0125. The van der Waals surface area contributed by atoms with Crippen LogP contribution in [0.1, 0.15) is 44.9 Å². The van der Waals surface area contributed by atoms with Gasteiger partial charge in [-0.2, -0.15) is 0 Å². The molecule has 2 unspecified atom stereocenters. The molecule has 1 amide bonds. The maximum Gasteiger partial charge on any atom is 0.410 e. The van der Waals surface area contributed by atoms with Gasteiger partial charge in [-0.1, -0.05) is 0 Å². The quantitative estimate of drug-likeness (QED) is 0.842. The second-order valence-electron chi connectivity index (χ2n) is 6.54. The molecule has 5 nitrogen and oxygen atoms in total. The van der Waals surface area contributed by atoms with Crippen LogP contribution in [-0.2, 0) is 21.3 Å². The molecule has 0 radical (unpaired) electrons. The van der Waals surface area contributed by atoms with Crippen LogP contribution in [0.5, 0.6) is 0 Å². The van der Waals surface area contributed by atoms with E-state index in [9.17, 15) is 9.00 Å². The molecule has 1 fully saturated rings. The van der Waals surface area contributed by atoms with E-state index in [1.165, 1.54) is 11.3 Å². The van der Waals surface area contributed by atoms with Crippen molar-refractivity contribution in [1.82, 2.24) is 9.88 Å². The molecule has 1 aromatic rings. The molecule has 0 aromatic carbocycles. The molecule has 1 aromatic heterocycles. The first-order valence-corrected chi connectivity index (χ1v) is 9.94. The number of rotatable bonds is 4. The molecule has 2 atom stereocenters. The SMILES string of the molecule is CC(C)(C)OC(=O)N1CCCCC1CS(=O)Cc1cncs1. The first-order valence-electron chi connectivity index (χ1n) is 7.57. The Labute approximate surface area is 138 Å². The minimum atomic E-state index is -0.986. The van der Waals surface area contributed by atoms with Crippen LogP contribution in [0, 0.1) is 0 Å². The van der Waals surface area contributed by atoms with Crippen molar-refractivity contribution in [3.05, 3.63) is 16.6 Å². The van der Waals surface area contributed by atoms with Crippen LogP contribution in [-0.4, -0.2) is 44.1 Å². The molecule has 0 aliphatic carbocycles. The maximum absolute atomic E-state index is 12.3. The number of hydrogen-bond donors (Lipinski definition) is 0. The van der Waals surface area contributed by atoms with Crippen LogP contribution < -0.4 is 0 Å². The summed E-state index contributed by atoms with van der Waals surface area (Å²) in [6, 6.07) is 0.0114. The van der Waals surface area contributed by atoms with Crippen LogP contribution >= 0.6 is 11.3 Å². The molecule has 0 spiro atoms. The highest BCUT2D eigenvalue weighted by atomic mass is 32.2. The third-order valence-corrected chi connectivity index (χ3v) is 5.77. The summed E-state index contributed by atoms with van der Waals surface area (Å²) in [6.45, 7) is 6.29. The second-order valence-corrected chi connectivity index (χ2v) is 9.01. The monoisotopic (exact) mass is 344 g/mol. The Morgan fingerprint density at radius 1 is 1.50 bits per heavy atom. The summed E-state index contributed by atoms with van der Waals surface area (Å²) >= 11 is 1.52. The lowest BCUT2D eigenvalue weighted by Crippen LogP contribution is -2.48. The largest absolute Gasteiger partial charge is 0.444 e. The lowest BCUT2D eigenvalue weighted by Gasteiger charge is -2.36. The first kappa shape index (κ1) is 17.4. The van der Waals surface area contributed by atoms with E-state index in [4.69, 9.17) is 4.74 Å². The highest BCUT2D eigenvalue weighted by molar-refractivity contribution is 7.84. The highest BCUT2D eigenvalue weighted by Gasteiger charge is 2.31. The van der Waals surface area contributed by atoms with Gasteiger partial charge in [-0.05, 0) is 40.0 Å². The fourth-order valence-electron chi connectivity index (χ4n) is 2.48. The van der Waals surface area contributed by atoms with E-state index in [-0.39, 0.29) is 12.1 Å².